The third-order valence-electron chi connectivity index (χ3n) is 3.87. The molecule has 0 fully saturated rings. The number of furan rings is 1. The van der Waals surface area contributed by atoms with Gasteiger partial charge in [0.05, 0.1) is 12.3 Å². The number of benzene rings is 2. The van der Waals surface area contributed by atoms with Crippen molar-refractivity contribution in [3.05, 3.63) is 72.0 Å². The molecule has 0 radical (unpaired) electrons. The van der Waals surface area contributed by atoms with Crippen molar-refractivity contribution in [3.63, 3.8) is 0 Å². The summed E-state index contributed by atoms with van der Waals surface area (Å²) in [6.45, 7) is 1.86. The average molecular weight is 384 g/mol. The lowest BCUT2D eigenvalue weighted by Crippen LogP contribution is -2.24. The third kappa shape index (κ3) is 5.21. The first-order valence-electron chi connectivity index (χ1n) is 8.35. The molecule has 140 valence electrons. The third-order valence-corrected chi connectivity index (χ3v) is 4.48. The van der Waals surface area contributed by atoms with Crippen LogP contribution in [0.2, 0.25) is 0 Å². The van der Waals surface area contributed by atoms with E-state index in [0.29, 0.717) is 11.4 Å². The molecule has 0 saturated heterocycles. The minimum absolute atomic E-state index is 0.249. The number of anilines is 1. The maximum absolute atomic E-state index is 12.1. The number of hydrogen-bond donors (Lipinski definition) is 2. The van der Waals surface area contributed by atoms with E-state index < -0.39 is 10.0 Å². The summed E-state index contributed by atoms with van der Waals surface area (Å²) in [5.41, 5.74) is 2.03. The van der Waals surface area contributed by atoms with Crippen molar-refractivity contribution in [2.75, 3.05) is 11.0 Å². The van der Waals surface area contributed by atoms with Crippen molar-refractivity contribution in [2.45, 2.75) is 13.0 Å². The van der Waals surface area contributed by atoms with Crippen LogP contribution in [0.3, 0.4) is 0 Å². The van der Waals surface area contributed by atoms with E-state index in [9.17, 15) is 13.2 Å². The molecule has 27 heavy (non-hydrogen) atoms. The number of hydrogen-bond acceptors (Lipinski definition) is 4. The normalized spacial score (nSPS) is 13.0. The van der Waals surface area contributed by atoms with Crippen LogP contribution in [-0.2, 0) is 14.8 Å². The van der Waals surface area contributed by atoms with Gasteiger partial charge in [-0.1, -0.05) is 30.3 Å². The molecule has 0 aliphatic heterocycles. The maximum Gasteiger partial charge on any atom is 0.244 e. The number of fused-ring (bicyclic) bond motifs is 1. The van der Waals surface area contributed by atoms with E-state index in [4.69, 9.17) is 4.42 Å². The lowest BCUT2D eigenvalue weighted by Gasteiger charge is -2.09. The van der Waals surface area contributed by atoms with E-state index >= 15 is 0 Å². The van der Waals surface area contributed by atoms with Crippen molar-refractivity contribution < 1.29 is 17.6 Å². The minimum atomic E-state index is -3.31. The second-order valence-electron chi connectivity index (χ2n) is 6.25. The number of sulfonamides is 1. The summed E-state index contributed by atoms with van der Waals surface area (Å²) >= 11 is 0. The Bertz CT molecular complexity index is 1050. The Labute approximate surface area is 157 Å². The highest BCUT2D eigenvalue weighted by Gasteiger charge is 2.12. The highest BCUT2D eigenvalue weighted by Crippen LogP contribution is 2.23. The predicted molar refractivity (Wildman–Crippen MR) is 107 cm³/mol. The van der Waals surface area contributed by atoms with Gasteiger partial charge < -0.3 is 9.73 Å². The zero-order valence-electron chi connectivity index (χ0n) is 15.0. The van der Waals surface area contributed by atoms with Crippen LogP contribution in [0.1, 0.15) is 24.3 Å². The maximum atomic E-state index is 12.1. The molecule has 1 amide bonds. The van der Waals surface area contributed by atoms with Gasteiger partial charge in [-0.05, 0) is 42.8 Å². The molecule has 3 rings (SSSR count). The van der Waals surface area contributed by atoms with E-state index in [1.807, 2.05) is 37.3 Å². The SMILES string of the molecule is CC(NC(=O)/C=C/c1ccc(NS(C)(=O)=O)cc1)c1cc2ccccc2o1. The molecule has 0 spiro atoms. The Morgan fingerprint density at radius 1 is 1.11 bits per heavy atom. The molecular formula is C20H20N2O4S. The Balaban J connectivity index is 1.61. The molecule has 0 aliphatic carbocycles. The van der Waals surface area contributed by atoms with Crippen LogP contribution < -0.4 is 10.0 Å². The molecule has 2 aromatic carbocycles. The molecule has 7 heteroatoms. The van der Waals surface area contributed by atoms with Crippen LogP contribution in [0, 0.1) is 0 Å². The lowest BCUT2D eigenvalue weighted by molar-refractivity contribution is -0.117. The van der Waals surface area contributed by atoms with Crippen LogP contribution in [0.25, 0.3) is 17.0 Å². The molecule has 1 aromatic heterocycles. The first kappa shape index (κ1) is 18.7. The Kier molecular flexibility index (Phi) is 5.32. The van der Waals surface area contributed by atoms with Gasteiger partial charge in [0.1, 0.15) is 11.3 Å². The second kappa shape index (κ2) is 7.67. The molecule has 3 aromatic rings. The number of amides is 1. The van der Waals surface area contributed by atoms with Gasteiger partial charge in [0.15, 0.2) is 0 Å². The smallest absolute Gasteiger partial charge is 0.244 e. The predicted octanol–water partition coefficient (Wildman–Crippen LogP) is 3.69. The fourth-order valence-electron chi connectivity index (χ4n) is 2.60. The van der Waals surface area contributed by atoms with Gasteiger partial charge in [-0.3, -0.25) is 9.52 Å². The summed E-state index contributed by atoms with van der Waals surface area (Å²) in [6, 6.07) is 16.0. The molecule has 1 unspecified atom stereocenters. The van der Waals surface area contributed by atoms with Crippen molar-refractivity contribution in [3.8, 4) is 0 Å². The molecule has 0 bridgehead atoms. The summed E-state index contributed by atoms with van der Waals surface area (Å²) in [6.07, 6.45) is 4.18. The largest absolute Gasteiger partial charge is 0.459 e. The summed E-state index contributed by atoms with van der Waals surface area (Å²) in [5.74, 6) is 0.440. The molecule has 2 N–H and O–H groups in total. The van der Waals surface area contributed by atoms with Crippen molar-refractivity contribution >= 4 is 38.7 Å². The summed E-state index contributed by atoms with van der Waals surface area (Å²) in [7, 11) is -3.31. The summed E-state index contributed by atoms with van der Waals surface area (Å²) in [4.78, 5) is 12.1. The Hall–Kier alpha value is -3.06. The van der Waals surface area contributed by atoms with E-state index in [1.54, 1.807) is 30.3 Å². The van der Waals surface area contributed by atoms with E-state index in [-0.39, 0.29) is 11.9 Å². The number of carbonyl (C=O) groups excluding carboxylic acids is 1. The monoisotopic (exact) mass is 384 g/mol. The quantitative estimate of drug-likeness (QED) is 0.634. The van der Waals surface area contributed by atoms with Crippen LogP contribution in [-0.4, -0.2) is 20.6 Å². The molecular weight excluding hydrogens is 364 g/mol. The molecule has 0 saturated carbocycles. The van der Waals surface area contributed by atoms with E-state index in [2.05, 4.69) is 10.0 Å². The first-order chi connectivity index (χ1) is 12.8. The van der Waals surface area contributed by atoms with Gasteiger partial charge in [-0.25, -0.2) is 8.42 Å². The summed E-state index contributed by atoms with van der Waals surface area (Å²) in [5, 5.41) is 3.85. The zero-order chi connectivity index (χ0) is 19.4. The Morgan fingerprint density at radius 3 is 2.48 bits per heavy atom. The van der Waals surface area contributed by atoms with Gasteiger partial charge >= 0.3 is 0 Å². The number of rotatable bonds is 6. The standard InChI is InChI=1S/C20H20N2O4S/c1-14(19-13-16-5-3-4-6-18(16)26-19)21-20(23)12-9-15-7-10-17(11-8-15)22-27(2,24)25/h3-14,22H,1-2H3,(H,21,23)/b12-9+. The van der Waals surface area contributed by atoms with Crippen LogP contribution >= 0.6 is 0 Å². The van der Waals surface area contributed by atoms with E-state index in [0.717, 1.165) is 22.8 Å². The van der Waals surface area contributed by atoms with Crippen LogP contribution in [0.5, 0.6) is 0 Å². The number of para-hydroxylation sites is 1. The van der Waals surface area contributed by atoms with Crippen molar-refractivity contribution in [1.82, 2.24) is 5.32 Å². The van der Waals surface area contributed by atoms with E-state index in [1.165, 1.54) is 6.08 Å². The Morgan fingerprint density at radius 2 is 1.81 bits per heavy atom. The molecule has 6 nitrogen and oxygen atoms in total. The molecule has 1 heterocycles. The fourth-order valence-corrected chi connectivity index (χ4v) is 3.16. The fraction of sp³-hybridized carbons (Fsp3) is 0.150. The molecule has 1 atom stereocenters. The first-order valence-corrected chi connectivity index (χ1v) is 10.2. The zero-order valence-corrected chi connectivity index (χ0v) is 15.8. The van der Waals surface area contributed by atoms with Gasteiger partial charge in [-0.2, -0.15) is 0 Å². The number of carbonyl (C=O) groups is 1. The minimum Gasteiger partial charge on any atom is -0.459 e. The second-order valence-corrected chi connectivity index (χ2v) is 7.99. The highest BCUT2D eigenvalue weighted by molar-refractivity contribution is 7.92. The van der Waals surface area contributed by atoms with Crippen LogP contribution in [0.4, 0.5) is 5.69 Å². The molecule has 0 aliphatic rings. The highest BCUT2D eigenvalue weighted by atomic mass is 32.2. The average Bonchev–Trinajstić information content (AvgIpc) is 3.04. The summed E-state index contributed by atoms with van der Waals surface area (Å²) < 4.78 is 30.5. The van der Waals surface area contributed by atoms with Gasteiger partial charge in [0.25, 0.3) is 0 Å². The van der Waals surface area contributed by atoms with Gasteiger partial charge in [0.2, 0.25) is 15.9 Å². The number of nitrogens with one attached hydrogen (secondary N) is 2. The van der Waals surface area contributed by atoms with Crippen LogP contribution in [0.15, 0.2) is 65.1 Å². The van der Waals surface area contributed by atoms with Crippen molar-refractivity contribution in [1.29, 1.82) is 0 Å². The van der Waals surface area contributed by atoms with Gasteiger partial charge in [0, 0.05) is 17.1 Å². The van der Waals surface area contributed by atoms with Crippen molar-refractivity contribution in [2.24, 2.45) is 0 Å². The van der Waals surface area contributed by atoms with Gasteiger partial charge in [-0.15, -0.1) is 0 Å². The lowest BCUT2D eigenvalue weighted by atomic mass is 10.2. The topological polar surface area (TPSA) is 88.4 Å².